The summed E-state index contributed by atoms with van der Waals surface area (Å²) in [4.78, 5) is 0. The maximum absolute atomic E-state index is 12.4. The van der Waals surface area contributed by atoms with E-state index in [2.05, 4.69) is 26.1 Å². The molecule has 1 saturated carbocycles. The van der Waals surface area contributed by atoms with Gasteiger partial charge in [0.05, 0.1) is 5.25 Å². The Morgan fingerprint density at radius 3 is 2.69 bits per heavy atom. The van der Waals surface area contributed by atoms with Crippen LogP contribution in [0.2, 0.25) is 0 Å². The molecule has 3 heteroatoms. The molecule has 0 radical (unpaired) electrons. The highest BCUT2D eigenvalue weighted by molar-refractivity contribution is 7.85. The van der Waals surface area contributed by atoms with E-state index in [-0.39, 0.29) is 0 Å². The van der Waals surface area contributed by atoms with Crippen molar-refractivity contribution in [2.24, 2.45) is 11.8 Å². The quantitative estimate of drug-likeness (QED) is 0.806. The third-order valence-corrected chi connectivity index (χ3v) is 6.00. The summed E-state index contributed by atoms with van der Waals surface area (Å²) < 4.78 is 12.4. The summed E-state index contributed by atoms with van der Waals surface area (Å²) in [6, 6.07) is 0.473. The molecule has 0 saturated heterocycles. The lowest BCUT2D eigenvalue weighted by Crippen LogP contribution is -2.45. The molecule has 2 nitrogen and oxygen atoms in total. The van der Waals surface area contributed by atoms with Crippen LogP contribution in [0.3, 0.4) is 0 Å². The van der Waals surface area contributed by atoms with Gasteiger partial charge in [-0.2, -0.15) is 0 Å². The number of hydrogen-bond donors (Lipinski definition) is 1. The predicted octanol–water partition coefficient (Wildman–Crippen LogP) is 2.56. The largest absolute Gasteiger partial charge is 0.316 e. The number of rotatable bonds is 5. The molecule has 1 N–H and O–H groups in total. The Hall–Kier alpha value is 0.110. The summed E-state index contributed by atoms with van der Waals surface area (Å²) in [5, 5.41) is 3.73. The first kappa shape index (κ1) is 14.2. The van der Waals surface area contributed by atoms with Gasteiger partial charge in [-0.05, 0) is 38.1 Å². The maximum Gasteiger partial charge on any atom is 0.0503 e. The minimum atomic E-state index is -0.650. The van der Waals surface area contributed by atoms with E-state index in [4.69, 9.17) is 0 Å². The zero-order valence-electron chi connectivity index (χ0n) is 11.2. The maximum atomic E-state index is 12.4. The lowest BCUT2D eigenvalue weighted by atomic mass is 9.87. The van der Waals surface area contributed by atoms with E-state index in [9.17, 15) is 4.21 Å². The van der Waals surface area contributed by atoms with E-state index in [1.165, 1.54) is 12.8 Å². The summed E-state index contributed by atoms with van der Waals surface area (Å²) in [6.07, 6.45) is 4.74. The van der Waals surface area contributed by atoms with Crippen molar-refractivity contribution in [2.45, 2.75) is 57.7 Å². The molecule has 0 amide bonds. The van der Waals surface area contributed by atoms with E-state index >= 15 is 0 Å². The van der Waals surface area contributed by atoms with Crippen LogP contribution in [0.25, 0.3) is 0 Å². The second-order valence-electron chi connectivity index (χ2n) is 5.41. The fraction of sp³-hybridized carbons (Fsp3) is 1.00. The van der Waals surface area contributed by atoms with Crippen LogP contribution in [-0.4, -0.2) is 28.3 Å². The molecule has 0 aromatic heterocycles. The summed E-state index contributed by atoms with van der Waals surface area (Å²) >= 11 is 0. The fourth-order valence-corrected chi connectivity index (χ4v) is 4.70. The smallest absolute Gasteiger partial charge is 0.0503 e. The third-order valence-electron chi connectivity index (χ3n) is 3.91. The van der Waals surface area contributed by atoms with Crippen LogP contribution in [0.15, 0.2) is 0 Å². The molecule has 0 aromatic carbocycles. The SMILES string of the molecule is CCC(C)CS(=O)C1CC(C)CCC1NC. The van der Waals surface area contributed by atoms with Crippen LogP contribution in [0.1, 0.15) is 46.5 Å². The number of nitrogens with one attached hydrogen (secondary N) is 1. The third kappa shape index (κ3) is 3.85. The first-order valence-corrected chi connectivity index (χ1v) is 8.01. The molecular formula is C13H27NOS. The summed E-state index contributed by atoms with van der Waals surface area (Å²) in [5.41, 5.74) is 0. The molecule has 1 aliphatic rings. The summed E-state index contributed by atoms with van der Waals surface area (Å²) in [6.45, 7) is 6.68. The van der Waals surface area contributed by atoms with Crippen molar-refractivity contribution in [2.75, 3.05) is 12.8 Å². The van der Waals surface area contributed by atoms with Gasteiger partial charge in [0.25, 0.3) is 0 Å². The standard InChI is InChI=1S/C13H27NOS/c1-5-10(2)9-16(15)13-8-11(3)6-7-12(13)14-4/h10-14H,5-9H2,1-4H3. The average molecular weight is 245 g/mol. The Balaban J connectivity index is 2.56. The van der Waals surface area contributed by atoms with Gasteiger partial charge in [0, 0.05) is 22.6 Å². The van der Waals surface area contributed by atoms with Gasteiger partial charge in [-0.1, -0.05) is 27.2 Å². The second kappa shape index (κ2) is 6.75. The normalized spacial score (nSPS) is 34.6. The fourth-order valence-electron chi connectivity index (χ4n) is 2.47. The summed E-state index contributed by atoms with van der Waals surface area (Å²) in [5.74, 6) is 2.22. The van der Waals surface area contributed by atoms with Crippen molar-refractivity contribution in [3.63, 3.8) is 0 Å². The van der Waals surface area contributed by atoms with Gasteiger partial charge in [-0.25, -0.2) is 0 Å². The molecule has 1 aliphatic carbocycles. The van der Waals surface area contributed by atoms with E-state index in [1.54, 1.807) is 0 Å². The highest BCUT2D eigenvalue weighted by atomic mass is 32.2. The van der Waals surface area contributed by atoms with Gasteiger partial charge < -0.3 is 5.32 Å². The minimum absolute atomic E-state index is 0.378. The van der Waals surface area contributed by atoms with Crippen LogP contribution in [0.4, 0.5) is 0 Å². The molecule has 0 aliphatic heterocycles. The molecule has 5 unspecified atom stereocenters. The average Bonchev–Trinajstić information content (AvgIpc) is 2.28. The first-order chi connectivity index (χ1) is 7.58. The summed E-state index contributed by atoms with van der Waals surface area (Å²) in [7, 11) is 1.36. The van der Waals surface area contributed by atoms with Gasteiger partial charge in [0.2, 0.25) is 0 Å². The molecule has 0 spiro atoms. The zero-order valence-corrected chi connectivity index (χ0v) is 12.0. The van der Waals surface area contributed by atoms with Crippen molar-refractivity contribution in [3.8, 4) is 0 Å². The molecule has 1 rings (SSSR count). The van der Waals surface area contributed by atoms with E-state index in [1.807, 2.05) is 7.05 Å². The van der Waals surface area contributed by atoms with E-state index < -0.39 is 10.8 Å². The minimum Gasteiger partial charge on any atom is -0.316 e. The van der Waals surface area contributed by atoms with Crippen LogP contribution in [0.5, 0.6) is 0 Å². The van der Waals surface area contributed by atoms with Crippen molar-refractivity contribution in [1.29, 1.82) is 0 Å². The number of hydrogen-bond acceptors (Lipinski definition) is 2. The zero-order chi connectivity index (χ0) is 12.1. The van der Waals surface area contributed by atoms with Gasteiger partial charge in [-0.15, -0.1) is 0 Å². The van der Waals surface area contributed by atoms with Gasteiger partial charge in [0.15, 0.2) is 0 Å². The van der Waals surface area contributed by atoms with Crippen LogP contribution < -0.4 is 5.32 Å². The highest BCUT2D eigenvalue weighted by Gasteiger charge is 2.32. The lowest BCUT2D eigenvalue weighted by Gasteiger charge is -2.34. The Kier molecular flexibility index (Phi) is 5.98. The van der Waals surface area contributed by atoms with Crippen LogP contribution in [0, 0.1) is 11.8 Å². The Morgan fingerprint density at radius 1 is 1.44 bits per heavy atom. The predicted molar refractivity (Wildman–Crippen MR) is 72.1 cm³/mol. The molecule has 0 aromatic rings. The van der Waals surface area contributed by atoms with Crippen LogP contribution >= 0.6 is 0 Å². The molecule has 1 fully saturated rings. The molecule has 0 bridgehead atoms. The van der Waals surface area contributed by atoms with Crippen molar-refractivity contribution < 1.29 is 4.21 Å². The Labute approximate surface area is 103 Å². The highest BCUT2D eigenvalue weighted by Crippen LogP contribution is 2.28. The van der Waals surface area contributed by atoms with Crippen molar-refractivity contribution >= 4 is 10.8 Å². The van der Waals surface area contributed by atoms with Crippen molar-refractivity contribution in [1.82, 2.24) is 5.32 Å². The molecule has 96 valence electrons. The van der Waals surface area contributed by atoms with Gasteiger partial charge in [0.1, 0.15) is 0 Å². The van der Waals surface area contributed by atoms with Gasteiger partial charge in [-0.3, -0.25) is 4.21 Å². The van der Waals surface area contributed by atoms with E-state index in [0.717, 1.165) is 24.5 Å². The van der Waals surface area contributed by atoms with Crippen LogP contribution in [-0.2, 0) is 10.8 Å². The topological polar surface area (TPSA) is 29.1 Å². The Bertz CT molecular complexity index is 232. The van der Waals surface area contributed by atoms with Gasteiger partial charge >= 0.3 is 0 Å². The lowest BCUT2D eigenvalue weighted by molar-refractivity contribution is 0.324. The molecule has 16 heavy (non-hydrogen) atoms. The van der Waals surface area contributed by atoms with E-state index in [0.29, 0.717) is 17.2 Å². The first-order valence-electron chi connectivity index (χ1n) is 6.62. The Morgan fingerprint density at radius 2 is 2.12 bits per heavy atom. The second-order valence-corrected chi connectivity index (χ2v) is 7.11. The molecule has 0 heterocycles. The molecule has 5 atom stereocenters. The monoisotopic (exact) mass is 245 g/mol. The molecular weight excluding hydrogens is 218 g/mol. The van der Waals surface area contributed by atoms with Crippen molar-refractivity contribution in [3.05, 3.63) is 0 Å².